The van der Waals surface area contributed by atoms with Crippen LogP contribution in [0.15, 0.2) is 23.1 Å². The van der Waals surface area contributed by atoms with Gasteiger partial charge in [0, 0.05) is 6.54 Å². The van der Waals surface area contributed by atoms with Gasteiger partial charge in [0.1, 0.15) is 5.75 Å². The molecule has 1 spiro atoms. The average molecular weight is 239 g/mol. The summed E-state index contributed by atoms with van der Waals surface area (Å²) in [5.74, 6) is 0.594. The molecule has 0 aromatic heterocycles. The molecule has 0 saturated heterocycles. The van der Waals surface area contributed by atoms with Crippen LogP contribution >= 0.6 is 0 Å². The van der Waals surface area contributed by atoms with Crippen LogP contribution in [-0.4, -0.2) is 26.8 Å². The van der Waals surface area contributed by atoms with Crippen molar-refractivity contribution in [3.05, 3.63) is 18.2 Å². The summed E-state index contributed by atoms with van der Waals surface area (Å²) in [6.45, 7) is 0.503. The highest BCUT2D eigenvalue weighted by Gasteiger charge is 2.57. The summed E-state index contributed by atoms with van der Waals surface area (Å²) < 4.78 is 29.4. The molecule has 86 valence electrons. The molecule has 4 nitrogen and oxygen atoms in total. The lowest BCUT2D eigenvalue weighted by Gasteiger charge is -2.27. The summed E-state index contributed by atoms with van der Waals surface area (Å²) >= 11 is 0. The van der Waals surface area contributed by atoms with Crippen molar-refractivity contribution in [2.24, 2.45) is 0 Å². The Bertz CT molecular complexity index is 546. The number of sulfone groups is 1. The molecule has 0 atom stereocenters. The van der Waals surface area contributed by atoms with Crippen molar-refractivity contribution in [2.75, 3.05) is 19.0 Å². The summed E-state index contributed by atoms with van der Waals surface area (Å²) in [6.07, 6.45) is 1.53. The maximum atomic E-state index is 12.4. The van der Waals surface area contributed by atoms with Crippen molar-refractivity contribution in [2.45, 2.75) is 22.5 Å². The number of hydrogen-bond donors (Lipinski definition) is 1. The molecule has 5 heteroatoms. The van der Waals surface area contributed by atoms with E-state index >= 15 is 0 Å². The van der Waals surface area contributed by atoms with Gasteiger partial charge in [0.05, 0.1) is 22.4 Å². The average Bonchev–Trinajstić information content (AvgIpc) is 3.05. The topological polar surface area (TPSA) is 55.4 Å². The van der Waals surface area contributed by atoms with Crippen LogP contribution in [0.25, 0.3) is 0 Å². The zero-order chi connectivity index (χ0) is 11.4. The minimum absolute atomic E-state index is 0.385. The molecule has 0 bridgehead atoms. The zero-order valence-corrected chi connectivity index (χ0v) is 9.80. The summed E-state index contributed by atoms with van der Waals surface area (Å²) in [4.78, 5) is 0.385. The van der Waals surface area contributed by atoms with Crippen molar-refractivity contribution in [3.8, 4) is 5.75 Å². The van der Waals surface area contributed by atoms with Crippen LogP contribution in [0.5, 0.6) is 5.75 Å². The third kappa shape index (κ3) is 1.06. The number of methoxy groups -OCH3 is 1. The Morgan fingerprint density at radius 2 is 2.12 bits per heavy atom. The van der Waals surface area contributed by atoms with Crippen LogP contribution < -0.4 is 10.1 Å². The first kappa shape index (κ1) is 9.96. The SMILES string of the molecule is COc1cccc2c1NCC1(CC1)S2(=O)=O. The number of rotatable bonds is 1. The fourth-order valence-electron chi connectivity index (χ4n) is 2.24. The highest BCUT2D eigenvalue weighted by atomic mass is 32.2. The second-order valence-corrected chi connectivity index (χ2v) is 6.69. The molecule has 0 radical (unpaired) electrons. The molecule has 1 heterocycles. The largest absolute Gasteiger partial charge is 0.495 e. The van der Waals surface area contributed by atoms with E-state index in [1.165, 1.54) is 0 Å². The Labute approximate surface area is 94.5 Å². The van der Waals surface area contributed by atoms with E-state index in [0.717, 1.165) is 12.8 Å². The Kier molecular flexibility index (Phi) is 1.81. The van der Waals surface area contributed by atoms with Crippen LogP contribution in [0.2, 0.25) is 0 Å². The maximum absolute atomic E-state index is 12.4. The van der Waals surface area contributed by atoms with E-state index in [9.17, 15) is 8.42 Å². The first-order valence-corrected chi connectivity index (χ1v) is 6.75. The molecule has 1 fully saturated rings. The van der Waals surface area contributed by atoms with Gasteiger partial charge in [0.15, 0.2) is 9.84 Å². The van der Waals surface area contributed by atoms with Crippen LogP contribution in [-0.2, 0) is 9.84 Å². The van der Waals surface area contributed by atoms with E-state index in [-0.39, 0.29) is 0 Å². The van der Waals surface area contributed by atoms with Gasteiger partial charge in [-0.15, -0.1) is 0 Å². The van der Waals surface area contributed by atoms with Crippen molar-refractivity contribution < 1.29 is 13.2 Å². The predicted octanol–water partition coefficient (Wildman–Crippen LogP) is 1.43. The Balaban J connectivity index is 2.24. The molecule has 0 unspecified atom stereocenters. The molecular formula is C11H13NO3S. The van der Waals surface area contributed by atoms with Gasteiger partial charge in [-0.05, 0) is 25.0 Å². The minimum Gasteiger partial charge on any atom is -0.495 e. The highest BCUT2D eigenvalue weighted by Crippen LogP contribution is 2.52. The van der Waals surface area contributed by atoms with Gasteiger partial charge in [0.25, 0.3) is 0 Å². The van der Waals surface area contributed by atoms with E-state index in [0.29, 0.717) is 22.9 Å². The minimum atomic E-state index is -3.18. The number of anilines is 1. The first-order valence-electron chi connectivity index (χ1n) is 5.26. The van der Waals surface area contributed by atoms with Crippen molar-refractivity contribution in [3.63, 3.8) is 0 Å². The molecule has 3 rings (SSSR count). The van der Waals surface area contributed by atoms with E-state index in [4.69, 9.17) is 4.74 Å². The van der Waals surface area contributed by atoms with Crippen LogP contribution in [0.1, 0.15) is 12.8 Å². The number of nitrogens with one attached hydrogen (secondary N) is 1. The Morgan fingerprint density at radius 3 is 2.75 bits per heavy atom. The summed E-state index contributed by atoms with van der Waals surface area (Å²) in [7, 11) is -1.64. The lowest BCUT2D eigenvalue weighted by molar-refractivity contribution is 0.414. The lowest BCUT2D eigenvalue weighted by atomic mass is 10.2. The highest BCUT2D eigenvalue weighted by molar-refractivity contribution is 7.93. The molecule has 1 aromatic rings. The van der Waals surface area contributed by atoms with Gasteiger partial charge in [0.2, 0.25) is 0 Å². The van der Waals surface area contributed by atoms with Crippen LogP contribution in [0.4, 0.5) is 5.69 Å². The quantitative estimate of drug-likeness (QED) is 0.805. The van der Waals surface area contributed by atoms with E-state index in [1.54, 1.807) is 25.3 Å². The standard InChI is InChI=1S/C11H13NO3S/c1-15-8-3-2-4-9-10(8)12-7-11(5-6-11)16(9,13)14/h2-4,12H,5-7H2,1H3. The van der Waals surface area contributed by atoms with Crippen molar-refractivity contribution in [1.82, 2.24) is 0 Å². The van der Waals surface area contributed by atoms with Crippen molar-refractivity contribution >= 4 is 15.5 Å². The predicted molar refractivity (Wildman–Crippen MR) is 60.6 cm³/mol. The van der Waals surface area contributed by atoms with E-state index in [2.05, 4.69) is 5.32 Å². The molecule has 1 N–H and O–H groups in total. The molecule has 1 saturated carbocycles. The molecule has 2 aliphatic rings. The number of fused-ring (bicyclic) bond motifs is 1. The molecule has 0 amide bonds. The zero-order valence-electron chi connectivity index (χ0n) is 8.99. The third-order valence-corrected chi connectivity index (χ3v) is 6.07. The normalized spacial score (nSPS) is 23.3. The summed E-state index contributed by atoms with van der Waals surface area (Å²) in [5, 5.41) is 3.19. The fourth-order valence-corrected chi connectivity index (χ4v) is 4.31. The first-order chi connectivity index (χ1) is 7.61. The summed E-state index contributed by atoms with van der Waals surface area (Å²) in [6, 6.07) is 5.14. The summed E-state index contributed by atoms with van der Waals surface area (Å²) in [5.41, 5.74) is 0.613. The van der Waals surface area contributed by atoms with Gasteiger partial charge < -0.3 is 10.1 Å². The number of benzene rings is 1. The molecule has 1 aromatic carbocycles. The Morgan fingerprint density at radius 1 is 1.38 bits per heavy atom. The fraction of sp³-hybridized carbons (Fsp3) is 0.455. The van der Waals surface area contributed by atoms with E-state index < -0.39 is 14.6 Å². The third-order valence-electron chi connectivity index (χ3n) is 3.46. The number of hydrogen-bond acceptors (Lipinski definition) is 4. The smallest absolute Gasteiger partial charge is 0.187 e. The van der Waals surface area contributed by atoms with Gasteiger partial charge in [-0.25, -0.2) is 8.42 Å². The van der Waals surface area contributed by atoms with Crippen molar-refractivity contribution in [1.29, 1.82) is 0 Å². The second kappa shape index (κ2) is 2.91. The molecule has 1 aliphatic carbocycles. The second-order valence-electron chi connectivity index (χ2n) is 4.37. The lowest BCUT2D eigenvalue weighted by Crippen LogP contribution is -2.36. The maximum Gasteiger partial charge on any atom is 0.187 e. The Hall–Kier alpha value is -1.23. The van der Waals surface area contributed by atoms with Gasteiger partial charge in [-0.3, -0.25) is 0 Å². The van der Waals surface area contributed by atoms with Crippen LogP contribution in [0.3, 0.4) is 0 Å². The van der Waals surface area contributed by atoms with Gasteiger partial charge in [-0.2, -0.15) is 0 Å². The monoisotopic (exact) mass is 239 g/mol. The molecular weight excluding hydrogens is 226 g/mol. The molecule has 1 aliphatic heterocycles. The number of ether oxygens (including phenoxy) is 1. The van der Waals surface area contributed by atoms with Gasteiger partial charge >= 0.3 is 0 Å². The van der Waals surface area contributed by atoms with Gasteiger partial charge in [-0.1, -0.05) is 6.07 Å². The van der Waals surface area contributed by atoms with E-state index in [1.807, 2.05) is 0 Å². The number of para-hydroxylation sites is 1. The molecule has 16 heavy (non-hydrogen) atoms. The van der Waals surface area contributed by atoms with Crippen LogP contribution in [0, 0.1) is 0 Å².